The van der Waals surface area contributed by atoms with E-state index in [1.165, 1.54) is 6.07 Å². The zero-order chi connectivity index (χ0) is 15.1. The second kappa shape index (κ2) is 5.04. The lowest BCUT2D eigenvalue weighted by Gasteiger charge is -2.47. The van der Waals surface area contributed by atoms with E-state index >= 15 is 0 Å². The van der Waals surface area contributed by atoms with E-state index in [1.54, 1.807) is 17.0 Å². The molecular formula is C15H20BrNO3. The molecule has 5 heteroatoms. The number of ether oxygens (including phenoxy) is 1. The summed E-state index contributed by atoms with van der Waals surface area (Å²) in [5, 5.41) is 9.90. The Balaban J connectivity index is 2.31. The van der Waals surface area contributed by atoms with E-state index in [1.807, 2.05) is 27.7 Å². The van der Waals surface area contributed by atoms with Gasteiger partial charge in [-0.1, -0.05) is 15.9 Å². The molecule has 2 rings (SSSR count). The molecule has 0 atom stereocenters. The van der Waals surface area contributed by atoms with E-state index in [0.29, 0.717) is 18.7 Å². The van der Waals surface area contributed by atoms with Crippen molar-refractivity contribution in [2.75, 3.05) is 13.1 Å². The number of amides is 1. The number of hydrogen-bond acceptors (Lipinski definition) is 3. The molecule has 1 aromatic carbocycles. The Hall–Kier alpha value is -1.07. The smallest absolute Gasteiger partial charge is 0.257 e. The van der Waals surface area contributed by atoms with Crippen molar-refractivity contribution in [2.24, 2.45) is 0 Å². The van der Waals surface area contributed by atoms with Crippen molar-refractivity contribution in [1.82, 2.24) is 4.90 Å². The Morgan fingerprint density at radius 2 is 1.80 bits per heavy atom. The number of carbonyl (C=O) groups excluding carboxylic acids is 1. The third-order valence-electron chi connectivity index (χ3n) is 3.17. The van der Waals surface area contributed by atoms with Gasteiger partial charge in [-0.15, -0.1) is 0 Å². The molecule has 1 fully saturated rings. The highest BCUT2D eigenvalue weighted by Gasteiger charge is 2.40. The van der Waals surface area contributed by atoms with Crippen molar-refractivity contribution in [3.05, 3.63) is 28.2 Å². The molecule has 110 valence electrons. The van der Waals surface area contributed by atoms with Crippen LogP contribution in [-0.4, -0.2) is 40.2 Å². The quantitative estimate of drug-likeness (QED) is 0.853. The minimum absolute atomic E-state index is 0.000282. The van der Waals surface area contributed by atoms with E-state index in [9.17, 15) is 9.90 Å². The number of phenolic OH excluding ortho intramolecular Hbond substituents is 1. The van der Waals surface area contributed by atoms with Crippen molar-refractivity contribution in [2.45, 2.75) is 38.9 Å². The van der Waals surface area contributed by atoms with Crippen LogP contribution in [0.3, 0.4) is 0 Å². The van der Waals surface area contributed by atoms with Gasteiger partial charge in [-0.05, 0) is 45.9 Å². The van der Waals surface area contributed by atoms with Crippen LogP contribution < -0.4 is 0 Å². The van der Waals surface area contributed by atoms with Crippen LogP contribution in [0, 0.1) is 0 Å². The van der Waals surface area contributed by atoms with Gasteiger partial charge in [0.15, 0.2) is 0 Å². The van der Waals surface area contributed by atoms with Crippen molar-refractivity contribution in [1.29, 1.82) is 0 Å². The number of halogens is 1. The average Bonchev–Trinajstić information content (AvgIpc) is 2.27. The fourth-order valence-electron chi connectivity index (χ4n) is 2.78. The molecule has 0 unspecified atom stereocenters. The Labute approximate surface area is 127 Å². The highest BCUT2D eigenvalue weighted by Crippen LogP contribution is 2.31. The first-order chi connectivity index (χ1) is 9.10. The van der Waals surface area contributed by atoms with Gasteiger partial charge in [0.05, 0.1) is 16.8 Å². The van der Waals surface area contributed by atoms with Crippen LogP contribution in [0.25, 0.3) is 0 Å². The van der Waals surface area contributed by atoms with Gasteiger partial charge in [0.1, 0.15) is 5.75 Å². The van der Waals surface area contributed by atoms with Crippen molar-refractivity contribution in [3.63, 3.8) is 0 Å². The van der Waals surface area contributed by atoms with Gasteiger partial charge in [-0.25, -0.2) is 0 Å². The normalized spacial score (nSPS) is 20.8. The largest absolute Gasteiger partial charge is 0.507 e. The van der Waals surface area contributed by atoms with Gasteiger partial charge in [0.25, 0.3) is 5.91 Å². The van der Waals surface area contributed by atoms with E-state index < -0.39 is 11.2 Å². The standard InChI is InChI=1S/C15H20BrNO3/c1-14(2)8-17(9-15(3,4)20-14)13(19)11-7-10(16)5-6-12(11)18/h5-7,18H,8-9H2,1-4H3. The summed E-state index contributed by atoms with van der Waals surface area (Å²) in [5.41, 5.74) is -0.495. The fourth-order valence-corrected chi connectivity index (χ4v) is 3.14. The molecule has 0 bridgehead atoms. The van der Waals surface area contributed by atoms with Crippen molar-refractivity contribution in [3.8, 4) is 5.75 Å². The summed E-state index contributed by atoms with van der Waals surface area (Å²) in [5.74, 6) is -0.173. The number of aromatic hydroxyl groups is 1. The first kappa shape index (κ1) is 15.3. The number of carbonyl (C=O) groups is 1. The van der Waals surface area contributed by atoms with Crippen LogP contribution >= 0.6 is 15.9 Å². The minimum Gasteiger partial charge on any atom is -0.507 e. The Morgan fingerprint density at radius 1 is 1.25 bits per heavy atom. The van der Waals surface area contributed by atoms with E-state index in [2.05, 4.69) is 15.9 Å². The SMILES string of the molecule is CC1(C)CN(C(=O)c2cc(Br)ccc2O)CC(C)(C)O1. The molecule has 0 spiro atoms. The number of phenols is 1. The lowest BCUT2D eigenvalue weighted by Crippen LogP contribution is -2.58. The highest BCUT2D eigenvalue weighted by atomic mass is 79.9. The summed E-state index contributed by atoms with van der Waals surface area (Å²) in [6, 6.07) is 4.88. The predicted molar refractivity (Wildman–Crippen MR) is 81.0 cm³/mol. The molecule has 4 nitrogen and oxygen atoms in total. The summed E-state index contributed by atoms with van der Waals surface area (Å²) in [7, 11) is 0. The number of morpholine rings is 1. The monoisotopic (exact) mass is 341 g/mol. The molecule has 1 aliphatic rings. The summed E-state index contributed by atoms with van der Waals surface area (Å²) >= 11 is 3.33. The summed E-state index contributed by atoms with van der Waals surface area (Å²) in [6.07, 6.45) is 0. The van der Waals surface area contributed by atoms with E-state index in [0.717, 1.165) is 4.47 Å². The van der Waals surface area contributed by atoms with Crippen LogP contribution in [-0.2, 0) is 4.74 Å². The molecule has 1 heterocycles. The zero-order valence-electron chi connectivity index (χ0n) is 12.2. The predicted octanol–water partition coefficient (Wildman–Crippen LogP) is 3.18. The Bertz CT molecular complexity index is 524. The van der Waals surface area contributed by atoms with Crippen LogP contribution in [0.4, 0.5) is 0 Å². The molecule has 0 radical (unpaired) electrons. The Kier molecular flexibility index (Phi) is 3.86. The van der Waals surface area contributed by atoms with Crippen LogP contribution in [0.2, 0.25) is 0 Å². The molecule has 1 amide bonds. The van der Waals surface area contributed by atoms with Crippen molar-refractivity contribution < 1.29 is 14.6 Å². The average molecular weight is 342 g/mol. The van der Waals surface area contributed by atoms with Gasteiger partial charge in [-0.2, -0.15) is 0 Å². The number of benzene rings is 1. The zero-order valence-corrected chi connectivity index (χ0v) is 13.8. The molecule has 0 aliphatic carbocycles. The first-order valence-electron chi connectivity index (χ1n) is 6.58. The fraction of sp³-hybridized carbons (Fsp3) is 0.533. The lowest BCUT2D eigenvalue weighted by molar-refractivity contribution is -0.171. The molecule has 1 saturated heterocycles. The van der Waals surface area contributed by atoms with Crippen LogP contribution in [0.1, 0.15) is 38.1 Å². The maximum absolute atomic E-state index is 12.6. The first-order valence-corrected chi connectivity index (χ1v) is 7.37. The minimum atomic E-state index is -0.404. The van der Waals surface area contributed by atoms with Crippen molar-refractivity contribution >= 4 is 21.8 Å². The Morgan fingerprint density at radius 3 is 2.35 bits per heavy atom. The van der Waals surface area contributed by atoms with Gasteiger partial charge >= 0.3 is 0 Å². The lowest BCUT2D eigenvalue weighted by atomic mass is 9.98. The number of rotatable bonds is 1. The summed E-state index contributed by atoms with van der Waals surface area (Å²) in [4.78, 5) is 14.4. The molecular weight excluding hydrogens is 322 g/mol. The van der Waals surface area contributed by atoms with E-state index in [4.69, 9.17) is 4.74 Å². The molecule has 1 N–H and O–H groups in total. The van der Waals surface area contributed by atoms with E-state index in [-0.39, 0.29) is 11.7 Å². The third kappa shape index (κ3) is 3.33. The number of hydrogen-bond donors (Lipinski definition) is 1. The maximum atomic E-state index is 12.6. The molecule has 1 aliphatic heterocycles. The summed E-state index contributed by atoms with van der Waals surface area (Å²) in [6.45, 7) is 8.87. The molecule has 0 aromatic heterocycles. The molecule has 1 aromatic rings. The molecule has 20 heavy (non-hydrogen) atoms. The van der Waals surface area contributed by atoms with Gasteiger partial charge in [0, 0.05) is 17.6 Å². The van der Waals surface area contributed by atoms with Gasteiger partial charge in [0.2, 0.25) is 0 Å². The third-order valence-corrected chi connectivity index (χ3v) is 3.67. The topological polar surface area (TPSA) is 49.8 Å². The second-order valence-electron chi connectivity index (χ2n) is 6.44. The van der Waals surface area contributed by atoms with Gasteiger partial charge < -0.3 is 14.7 Å². The molecule has 0 saturated carbocycles. The second-order valence-corrected chi connectivity index (χ2v) is 7.36. The maximum Gasteiger partial charge on any atom is 0.257 e. The van der Waals surface area contributed by atoms with Crippen LogP contribution in [0.15, 0.2) is 22.7 Å². The summed E-state index contributed by atoms with van der Waals surface area (Å²) < 4.78 is 6.73. The number of nitrogens with zero attached hydrogens (tertiary/aromatic N) is 1. The van der Waals surface area contributed by atoms with Crippen LogP contribution in [0.5, 0.6) is 5.75 Å². The van der Waals surface area contributed by atoms with Gasteiger partial charge in [-0.3, -0.25) is 4.79 Å². The highest BCUT2D eigenvalue weighted by molar-refractivity contribution is 9.10.